The molecule has 0 saturated carbocycles. The molecule has 33 heavy (non-hydrogen) atoms. The third kappa shape index (κ3) is 12.0. The second kappa shape index (κ2) is 15.0. The Morgan fingerprint density at radius 3 is 1.97 bits per heavy atom. The van der Waals surface area contributed by atoms with Crippen LogP contribution in [0.2, 0.25) is 0 Å². The highest BCUT2D eigenvalue weighted by atomic mass is 16.4. The van der Waals surface area contributed by atoms with E-state index in [-0.39, 0.29) is 37.7 Å². The maximum atomic E-state index is 12.8. The molecule has 14 heteroatoms. The molecule has 12 N–H and O–H groups in total. The number of nitrogens with zero attached hydrogens (tertiary/aromatic N) is 1. The Bertz CT molecular complexity index is 696. The number of nitrogens with two attached hydrogens (primary N) is 3. The second-order valence-corrected chi connectivity index (χ2v) is 8.05. The van der Waals surface area contributed by atoms with Crippen LogP contribution in [-0.2, 0) is 19.2 Å². The van der Waals surface area contributed by atoms with Crippen molar-refractivity contribution in [3.8, 4) is 0 Å². The number of aliphatic hydroxyl groups excluding tert-OH is 2. The van der Waals surface area contributed by atoms with E-state index in [9.17, 15) is 29.4 Å². The first kappa shape index (κ1) is 30.0. The zero-order valence-electron chi connectivity index (χ0n) is 19.2. The molecular formula is C19H37N7O7. The number of nitrogens with one attached hydrogen (secondary N) is 3. The molecule has 0 fully saturated rings. The number of aliphatic imine (C=N–C) groups is 1. The van der Waals surface area contributed by atoms with Crippen LogP contribution in [0, 0.1) is 5.92 Å². The van der Waals surface area contributed by atoms with E-state index in [0.717, 1.165) is 0 Å². The Kier molecular flexibility index (Phi) is 13.6. The molecule has 0 aromatic heterocycles. The number of aliphatic carboxylic acids is 1. The standard InChI is InChI=1S/C19H37N7O7/c1-9(2)7-13(25-15(29)11(20)8-27)16(30)26-14(10(3)28)17(31)24-12(18(32)33)5-4-6-23-19(21)22/h9-14,27-28H,4-8,20H2,1-3H3,(H,24,31)(H,25,29)(H,26,30)(H,32,33)(H4,21,22,23). The molecule has 5 atom stereocenters. The van der Waals surface area contributed by atoms with Crippen LogP contribution in [-0.4, -0.2) is 88.4 Å². The minimum Gasteiger partial charge on any atom is -0.480 e. The van der Waals surface area contributed by atoms with Gasteiger partial charge in [-0.25, -0.2) is 4.79 Å². The fourth-order valence-electron chi connectivity index (χ4n) is 2.75. The van der Waals surface area contributed by atoms with Gasteiger partial charge in [0.25, 0.3) is 0 Å². The number of carbonyl (C=O) groups is 4. The summed E-state index contributed by atoms with van der Waals surface area (Å²) in [6, 6.07) is -5.13. The molecule has 0 heterocycles. The Hall–Kier alpha value is -2.97. The Morgan fingerprint density at radius 2 is 1.52 bits per heavy atom. The van der Waals surface area contributed by atoms with Crippen molar-refractivity contribution >= 4 is 29.7 Å². The van der Waals surface area contributed by atoms with Gasteiger partial charge in [0.15, 0.2) is 5.96 Å². The van der Waals surface area contributed by atoms with Crippen LogP contribution in [0.4, 0.5) is 0 Å². The van der Waals surface area contributed by atoms with Gasteiger partial charge in [-0.05, 0) is 32.1 Å². The van der Waals surface area contributed by atoms with Crippen molar-refractivity contribution in [2.75, 3.05) is 13.2 Å². The fraction of sp³-hybridized carbons (Fsp3) is 0.737. The van der Waals surface area contributed by atoms with Crippen molar-refractivity contribution in [2.24, 2.45) is 28.1 Å². The predicted molar refractivity (Wildman–Crippen MR) is 120 cm³/mol. The van der Waals surface area contributed by atoms with Gasteiger partial charge in [0.05, 0.1) is 12.7 Å². The smallest absolute Gasteiger partial charge is 0.326 e. The normalized spacial score (nSPS) is 15.5. The maximum absolute atomic E-state index is 12.8. The number of hydrogen-bond donors (Lipinski definition) is 9. The lowest BCUT2D eigenvalue weighted by Gasteiger charge is -2.27. The quantitative estimate of drug-likeness (QED) is 0.0636. The average Bonchev–Trinajstić information content (AvgIpc) is 2.71. The molecule has 14 nitrogen and oxygen atoms in total. The van der Waals surface area contributed by atoms with Crippen LogP contribution < -0.4 is 33.2 Å². The minimum atomic E-state index is -1.49. The summed E-state index contributed by atoms with van der Waals surface area (Å²) in [5.41, 5.74) is 15.9. The predicted octanol–water partition coefficient (Wildman–Crippen LogP) is -3.67. The van der Waals surface area contributed by atoms with E-state index in [4.69, 9.17) is 22.3 Å². The molecule has 0 aliphatic carbocycles. The fourth-order valence-corrected chi connectivity index (χ4v) is 2.75. The molecule has 0 aliphatic rings. The Balaban J connectivity index is 5.32. The maximum Gasteiger partial charge on any atom is 0.326 e. The zero-order chi connectivity index (χ0) is 25.7. The highest BCUT2D eigenvalue weighted by Gasteiger charge is 2.32. The topological polar surface area (TPSA) is 255 Å². The molecule has 0 spiro atoms. The van der Waals surface area contributed by atoms with Gasteiger partial charge in [0.2, 0.25) is 17.7 Å². The van der Waals surface area contributed by atoms with Crippen molar-refractivity contribution < 1.29 is 34.5 Å². The Labute approximate surface area is 192 Å². The van der Waals surface area contributed by atoms with Gasteiger partial charge in [-0.3, -0.25) is 19.4 Å². The van der Waals surface area contributed by atoms with Crippen LogP contribution in [0.25, 0.3) is 0 Å². The van der Waals surface area contributed by atoms with Crippen LogP contribution in [0.3, 0.4) is 0 Å². The molecule has 0 bridgehead atoms. The largest absolute Gasteiger partial charge is 0.480 e. The first-order valence-corrected chi connectivity index (χ1v) is 10.5. The van der Waals surface area contributed by atoms with Gasteiger partial charge in [0, 0.05) is 6.54 Å². The van der Waals surface area contributed by atoms with Crippen molar-refractivity contribution in [1.29, 1.82) is 0 Å². The van der Waals surface area contributed by atoms with E-state index in [1.165, 1.54) is 6.92 Å². The van der Waals surface area contributed by atoms with Crippen molar-refractivity contribution in [1.82, 2.24) is 16.0 Å². The molecule has 0 aromatic carbocycles. The van der Waals surface area contributed by atoms with Crippen molar-refractivity contribution in [3.05, 3.63) is 0 Å². The molecule has 0 rings (SSSR count). The van der Waals surface area contributed by atoms with Gasteiger partial charge in [-0.15, -0.1) is 0 Å². The summed E-state index contributed by atoms with van der Waals surface area (Å²) in [6.07, 6.45) is -0.926. The lowest BCUT2D eigenvalue weighted by molar-refractivity contribution is -0.143. The van der Waals surface area contributed by atoms with E-state index >= 15 is 0 Å². The van der Waals surface area contributed by atoms with Crippen LogP contribution >= 0.6 is 0 Å². The summed E-state index contributed by atoms with van der Waals surface area (Å²) in [7, 11) is 0. The number of guanidine groups is 1. The monoisotopic (exact) mass is 475 g/mol. The summed E-state index contributed by atoms with van der Waals surface area (Å²) < 4.78 is 0. The Morgan fingerprint density at radius 1 is 0.939 bits per heavy atom. The number of rotatable bonds is 15. The van der Waals surface area contributed by atoms with Crippen LogP contribution in [0.1, 0.15) is 40.0 Å². The summed E-state index contributed by atoms with van der Waals surface area (Å²) in [4.78, 5) is 52.6. The van der Waals surface area contributed by atoms with Gasteiger partial charge in [0.1, 0.15) is 24.2 Å². The summed E-state index contributed by atoms with van der Waals surface area (Å²) in [6.45, 7) is 4.39. The number of amides is 3. The van der Waals surface area contributed by atoms with Gasteiger partial charge in [-0.2, -0.15) is 0 Å². The summed E-state index contributed by atoms with van der Waals surface area (Å²) in [5, 5.41) is 35.4. The second-order valence-electron chi connectivity index (χ2n) is 8.05. The molecule has 190 valence electrons. The average molecular weight is 476 g/mol. The van der Waals surface area contributed by atoms with E-state index in [2.05, 4.69) is 20.9 Å². The van der Waals surface area contributed by atoms with Crippen molar-refractivity contribution in [2.45, 2.75) is 70.3 Å². The highest BCUT2D eigenvalue weighted by molar-refractivity contribution is 5.94. The number of carboxylic acids is 1. The molecule has 0 saturated heterocycles. The van der Waals surface area contributed by atoms with Gasteiger partial charge in [-0.1, -0.05) is 13.8 Å². The molecule has 3 amide bonds. The van der Waals surface area contributed by atoms with E-state index < -0.39 is 60.6 Å². The molecule has 0 aliphatic heterocycles. The van der Waals surface area contributed by atoms with Gasteiger partial charge >= 0.3 is 5.97 Å². The van der Waals surface area contributed by atoms with E-state index in [0.29, 0.717) is 0 Å². The number of hydrogen-bond acceptors (Lipinski definition) is 8. The third-order valence-electron chi connectivity index (χ3n) is 4.50. The first-order chi connectivity index (χ1) is 15.3. The van der Waals surface area contributed by atoms with Crippen molar-refractivity contribution in [3.63, 3.8) is 0 Å². The molecule has 0 radical (unpaired) electrons. The molecule has 0 aromatic rings. The zero-order valence-corrected chi connectivity index (χ0v) is 19.2. The lowest BCUT2D eigenvalue weighted by atomic mass is 10.0. The minimum absolute atomic E-state index is 0.00338. The number of carboxylic acid groups (broad SMARTS) is 1. The summed E-state index contributed by atoms with van der Waals surface area (Å²) in [5.74, 6) is -3.95. The highest BCUT2D eigenvalue weighted by Crippen LogP contribution is 2.07. The van der Waals surface area contributed by atoms with Gasteiger partial charge < -0.3 is 48.5 Å². The number of aliphatic hydroxyl groups is 2. The summed E-state index contributed by atoms with van der Waals surface area (Å²) >= 11 is 0. The third-order valence-corrected chi connectivity index (χ3v) is 4.50. The van der Waals surface area contributed by atoms with E-state index in [1.807, 2.05) is 0 Å². The SMILES string of the molecule is CC(C)CC(NC(=O)C(N)CO)C(=O)NC(C(=O)NC(CCCN=C(N)N)C(=O)O)C(C)O. The number of carbonyl (C=O) groups excluding carboxylic acids is 3. The molecular weight excluding hydrogens is 438 g/mol. The van der Waals surface area contributed by atoms with Crippen LogP contribution in [0.15, 0.2) is 4.99 Å². The first-order valence-electron chi connectivity index (χ1n) is 10.5. The lowest BCUT2D eigenvalue weighted by Crippen LogP contribution is -2.60. The van der Waals surface area contributed by atoms with E-state index in [1.54, 1.807) is 13.8 Å². The molecule has 5 unspecified atom stereocenters. The van der Waals surface area contributed by atoms with Crippen LogP contribution in [0.5, 0.6) is 0 Å².